The predicted octanol–water partition coefficient (Wildman–Crippen LogP) is 4.74. The Hall–Kier alpha value is -5.62. The maximum absolute atomic E-state index is 14.4. The van der Waals surface area contributed by atoms with E-state index < -0.39 is 41.8 Å². The topological polar surface area (TPSA) is 154 Å². The minimum Gasteiger partial charge on any atom is -0.504 e. The number of nitrogens with one attached hydrogen (secondary N) is 1. The van der Waals surface area contributed by atoms with E-state index in [-0.39, 0.29) is 77.7 Å². The quantitative estimate of drug-likeness (QED) is 0.200. The van der Waals surface area contributed by atoms with Crippen LogP contribution in [0.3, 0.4) is 0 Å². The molecule has 2 fully saturated rings. The molecule has 2 aromatic carbocycles. The van der Waals surface area contributed by atoms with Crippen LogP contribution in [0.15, 0.2) is 53.6 Å². The summed E-state index contributed by atoms with van der Waals surface area (Å²) in [7, 11) is 0. The maximum Gasteiger partial charge on any atom is 0.416 e. The molecule has 294 valence electrons. The third-order valence-corrected chi connectivity index (χ3v) is 10.3. The number of anilines is 2. The van der Waals surface area contributed by atoms with Crippen molar-refractivity contribution >= 4 is 40.6 Å². The molecule has 3 aromatic heterocycles. The number of aryl methyl sites for hydroxylation is 1. The van der Waals surface area contributed by atoms with Gasteiger partial charge in [0.25, 0.3) is 11.5 Å². The molecule has 0 unspecified atom stereocenters. The molecule has 5 heterocycles. The summed E-state index contributed by atoms with van der Waals surface area (Å²) >= 11 is 6.14. The van der Waals surface area contributed by atoms with Gasteiger partial charge in [-0.25, -0.2) is 14.4 Å². The third-order valence-electron chi connectivity index (χ3n) is 9.96. The van der Waals surface area contributed by atoms with Gasteiger partial charge in [-0.05, 0) is 43.5 Å². The standard InChI is InChI=1S/C37H37ClF4N10O4/c1-3-28-31(49-12-14-50(15-13-49)34(55)30-32(54)21(2)43-20-44-30)35(56)52-36(51(28)19-29(53)45-27-9-8-24(16-26(27)38)37(40,41)42)46-33(47-52)23-6-4-22(5-7-23)17-48-11-10-25(39)18-48/h4-9,16,20,25,54H,3,10-15,17-19H2,1-2H3,(H,45,53)/t25-/m0/s1. The van der Waals surface area contributed by atoms with E-state index in [2.05, 4.69) is 20.4 Å². The molecule has 0 saturated carbocycles. The number of carbonyl (C=O) groups is 2. The van der Waals surface area contributed by atoms with Crippen molar-refractivity contribution in [2.75, 3.05) is 49.5 Å². The summed E-state index contributed by atoms with van der Waals surface area (Å²) in [5.41, 5.74) is 0.831. The molecule has 1 atom stereocenters. The van der Waals surface area contributed by atoms with Gasteiger partial charge in [0, 0.05) is 51.4 Å². The van der Waals surface area contributed by atoms with Crippen LogP contribution in [0.25, 0.3) is 17.2 Å². The normalized spacial score (nSPS) is 16.5. The number of piperazine rings is 1. The largest absolute Gasteiger partial charge is 0.504 e. The minimum atomic E-state index is -4.63. The van der Waals surface area contributed by atoms with E-state index in [1.54, 1.807) is 30.9 Å². The van der Waals surface area contributed by atoms with Crippen LogP contribution in [-0.2, 0) is 30.5 Å². The van der Waals surface area contributed by atoms with Crippen molar-refractivity contribution < 1.29 is 32.3 Å². The number of fused-ring (bicyclic) bond motifs is 1. The summed E-state index contributed by atoms with van der Waals surface area (Å²) in [4.78, 5) is 59.2. The fourth-order valence-corrected chi connectivity index (χ4v) is 7.26. The summed E-state index contributed by atoms with van der Waals surface area (Å²) < 4.78 is 56.2. The molecule has 2 amide bonds. The van der Waals surface area contributed by atoms with E-state index in [0.717, 1.165) is 28.3 Å². The van der Waals surface area contributed by atoms with E-state index in [9.17, 15) is 37.1 Å². The molecule has 5 aromatic rings. The highest BCUT2D eigenvalue weighted by atomic mass is 35.5. The van der Waals surface area contributed by atoms with E-state index in [1.165, 1.54) is 15.8 Å². The number of likely N-dealkylation sites (tertiary alicyclic amines) is 1. The number of aromatic nitrogens is 6. The van der Waals surface area contributed by atoms with Crippen LogP contribution in [0.2, 0.25) is 5.02 Å². The Labute approximate surface area is 322 Å². The fraction of sp³-hybridized carbons (Fsp3) is 0.378. The molecule has 2 N–H and O–H groups in total. The molecular weight excluding hydrogens is 760 g/mol. The van der Waals surface area contributed by atoms with E-state index in [4.69, 9.17) is 16.6 Å². The Morgan fingerprint density at radius 3 is 2.41 bits per heavy atom. The second kappa shape index (κ2) is 15.5. The van der Waals surface area contributed by atoms with Crippen LogP contribution < -0.4 is 15.8 Å². The number of hydrogen-bond donors (Lipinski definition) is 2. The number of halogens is 5. The summed E-state index contributed by atoms with van der Waals surface area (Å²) in [6.45, 7) is 5.33. The molecule has 2 aliphatic heterocycles. The van der Waals surface area contributed by atoms with Crippen LogP contribution in [0.1, 0.15) is 46.3 Å². The van der Waals surface area contributed by atoms with Gasteiger partial charge < -0.3 is 24.8 Å². The van der Waals surface area contributed by atoms with Crippen molar-refractivity contribution in [1.29, 1.82) is 0 Å². The molecule has 14 nitrogen and oxygen atoms in total. The van der Waals surface area contributed by atoms with Crippen molar-refractivity contribution in [2.45, 2.75) is 52.1 Å². The highest BCUT2D eigenvalue weighted by Gasteiger charge is 2.32. The molecule has 19 heteroatoms. The van der Waals surface area contributed by atoms with Crippen molar-refractivity contribution in [3.05, 3.63) is 92.4 Å². The zero-order chi connectivity index (χ0) is 39.9. The summed E-state index contributed by atoms with van der Waals surface area (Å²) in [5, 5.41) is 17.3. The summed E-state index contributed by atoms with van der Waals surface area (Å²) in [6, 6.07) is 9.97. The van der Waals surface area contributed by atoms with Crippen LogP contribution in [0.5, 0.6) is 5.75 Å². The summed E-state index contributed by atoms with van der Waals surface area (Å²) in [6.07, 6.45) is -3.52. The number of rotatable bonds is 9. The number of nitrogens with zero attached hydrogens (tertiary/aromatic N) is 9. The molecule has 0 spiro atoms. The van der Waals surface area contributed by atoms with Crippen molar-refractivity contribution in [3.8, 4) is 17.1 Å². The Kier molecular flexibility index (Phi) is 10.7. The zero-order valence-electron chi connectivity index (χ0n) is 30.4. The van der Waals surface area contributed by atoms with Gasteiger partial charge in [-0.1, -0.05) is 42.8 Å². The van der Waals surface area contributed by atoms with Gasteiger partial charge in [-0.2, -0.15) is 22.7 Å². The van der Waals surface area contributed by atoms with Gasteiger partial charge in [0.15, 0.2) is 17.3 Å². The second-order valence-electron chi connectivity index (χ2n) is 13.7. The molecule has 56 heavy (non-hydrogen) atoms. The number of benzene rings is 2. The molecule has 0 radical (unpaired) electrons. The summed E-state index contributed by atoms with van der Waals surface area (Å²) in [5.74, 6) is -1.20. The van der Waals surface area contributed by atoms with Gasteiger partial charge in [-0.15, -0.1) is 5.10 Å². The lowest BCUT2D eigenvalue weighted by Gasteiger charge is -2.36. The number of alkyl halides is 4. The highest BCUT2D eigenvalue weighted by molar-refractivity contribution is 6.33. The number of carbonyl (C=O) groups excluding carboxylic acids is 2. The Balaban J connectivity index is 1.22. The Bertz CT molecular complexity index is 2360. The van der Waals surface area contributed by atoms with E-state index >= 15 is 0 Å². The molecule has 2 saturated heterocycles. The third kappa shape index (κ3) is 7.75. The number of hydrogen-bond acceptors (Lipinski definition) is 10. The monoisotopic (exact) mass is 796 g/mol. The molecule has 0 aliphatic carbocycles. The lowest BCUT2D eigenvalue weighted by Crippen LogP contribution is -2.51. The fourth-order valence-electron chi connectivity index (χ4n) is 7.03. The first-order chi connectivity index (χ1) is 26.7. The van der Waals surface area contributed by atoms with Gasteiger partial charge in [-0.3, -0.25) is 19.3 Å². The zero-order valence-corrected chi connectivity index (χ0v) is 31.1. The molecular formula is C37H37ClF4N10O4. The van der Waals surface area contributed by atoms with Crippen molar-refractivity contribution in [2.24, 2.45) is 0 Å². The average Bonchev–Trinajstić information content (AvgIpc) is 3.81. The lowest BCUT2D eigenvalue weighted by molar-refractivity contribution is -0.137. The van der Waals surface area contributed by atoms with Gasteiger partial charge in [0.1, 0.15) is 24.7 Å². The molecule has 7 rings (SSSR count). The van der Waals surface area contributed by atoms with Crippen molar-refractivity contribution in [1.82, 2.24) is 38.9 Å². The van der Waals surface area contributed by atoms with Crippen molar-refractivity contribution in [3.63, 3.8) is 0 Å². The van der Waals surface area contributed by atoms with Gasteiger partial charge in [0.2, 0.25) is 11.7 Å². The average molecular weight is 797 g/mol. The highest BCUT2D eigenvalue weighted by Crippen LogP contribution is 2.34. The maximum atomic E-state index is 14.4. The molecule has 2 aliphatic rings. The van der Waals surface area contributed by atoms with Crippen LogP contribution >= 0.6 is 11.6 Å². The Morgan fingerprint density at radius 2 is 1.77 bits per heavy atom. The van der Waals surface area contributed by atoms with Gasteiger partial charge >= 0.3 is 6.18 Å². The van der Waals surface area contributed by atoms with Crippen LogP contribution in [-0.4, -0.2) is 101 Å². The minimum absolute atomic E-state index is 0.0380. The van der Waals surface area contributed by atoms with Gasteiger partial charge in [0.05, 0.1) is 27.7 Å². The first kappa shape index (κ1) is 38.6. The first-order valence-corrected chi connectivity index (χ1v) is 18.3. The smallest absolute Gasteiger partial charge is 0.416 e. The van der Waals surface area contributed by atoms with Crippen LogP contribution in [0.4, 0.5) is 28.9 Å². The predicted molar refractivity (Wildman–Crippen MR) is 198 cm³/mol. The molecule has 0 bridgehead atoms. The number of aromatic hydroxyl groups is 1. The first-order valence-electron chi connectivity index (χ1n) is 17.9. The SMILES string of the molecule is CCc1c(N2CCN(C(=O)c3ncnc(C)c3O)CC2)c(=O)n2nc(-c3ccc(CN4CC[C@H](F)C4)cc3)nc2n1CC(=O)Nc1ccc(C(F)(F)F)cc1Cl. The second-order valence-corrected chi connectivity index (χ2v) is 14.1. The van der Waals surface area contributed by atoms with Crippen LogP contribution in [0, 0.1) is 6.92 Å². The Morgan fingerprint density at radius 1 is 1.04 bits per heavy atom. The van der Waals surface area contributed by atoms with E-state index in [0.29, 0.717) is 37.3 Å². The number of amides is 2. The van der Waals surface area contributed by atoms with E-state index in [1.807, 2.05) is 17.0 Å². The lowest BCUT2D eigenvalue weighted by atomic mass is 10.1.